The number of nitrogens with one attached hydrogen (secondary N) is 1. The molecule has 2 aromatic rings. The number of carboxylic acid groups (broad SMARTS) is 2. The first kappa shape index (κ1) is 19.9. The van der Waals surface area contributed by atoms with Gasteiger partial charge in [-0.25, -0.2) is 9.59 Å². The number of ether oxygens (including phenoxy) is 1. The second-order valence-corrected chi connectivity index (χ2v) is 6.43. The van der Waals surface area contributed by atoms with E-state index in [4.69, 9.17) is 10.5 Å². The van der Waals surface area contributed by atoms with Gasteiger partial charge in [-0.2, -0.15) is 0 Å². The minimum Gasteiger partial charge on any atom is -0.491 e. The number of aromatic amines is 1. The van der Waals surface area contributed by atoms with Crippen molar-refractivity contribution >= 4 is 23.7 Å². The standard InChI is InChI=1S/C19H19N3O7/c20-16-14(18(25)26)13(15(19(27)28)17(24)21-16)10-4-1-2-5-11(10)29-9-8-22-7-3-6-12(22)23/h1-2,4-5H,3,6-9H2,(H,25,26)(H,27,28)(H3,20,21,24). The molecule has 0 atom stereocenters. The molecule has 3 rings (SSSR count). The van der Waals surface area contributed by atoms with E-state index < -0.39 is 34.4 Å². The van der Waals surface area contributed by atoms with E-state index in [9.17, 15) is 29.4 Å². The highest BCUT2D eigenvalue weighted by Crippen LogP contribution is 2.35. The van der Waals surface area contributed by atoms with Gasteiger partial charge in [0.1, 0.15) is 29.3 Å². The average Bonchev–Trinajstić information content (AvgIpc) is 3.05. The number of amides is 1. The summed E-state index contributed by atoms with van der Waals surface area (Å²) in [5.41, 5.74) is 3.13. The Labute approximate surface area is 164 Å². The first-order valence-electron chi connectivity index (χ1n) is 8.83. The fraction of sp³-hybridized carbons (Fsp3) is 0.263. The van der Waals surface area contributed by atoms with Crippen LogP contribution in [0.2, 0.25) is 0 Å². The molecule has 1 aromatic heterocycles. The van der Waals surface area contributed by atoms with Crippen LogP contribution in [0.5, 0.6) is 5.75 Å². The zero-order chi connectivity index (χ0) is 21.1. The van der Waals surface area contributed by atoms with Crippen LogP contribution in [0.25, 0.3) is 11.1 Å². The van der Waals surface area contributed by atoms with Gasteiger partial charge in [0.05, 0.1) is 6.54 Å². The fourth-order valence-electron chi connectivity index (χ4n) is 3.32. The van der Waals surface area contributed by atoms with Gasteiger partial charge in [-0.15, -0.1) is 0 Å². The Morgan fingerprint density at radius 3 is 2.45 bits per heavy atom. The second-order valence-electron chi connectivity index (χ2n) is 6.43. The number of anilines is 1. The number of nitrogens with two attached hydrogens (primary N) is 1. The predicted molar refractivity (Wildman–Crippen MR) is 102 cm³/mol. The third-order valence-corrected chi connectivity index (χ3v) is 4.62. The molecule has 0 bridgehead atoms. The van der Waals surface area contributed by atoms with E-state index in [0.29, 0.717) is 19.5 Å². The summed E-state index contributed by atoms with van der Waals surface area (Å²) in [6.45, 7) is 1.09. The zero-order valence-corrected chi connectivity index (χ0v) is 15.3. The summed E-state index contributed by atoms with van der Waals surface area (Å²) in [6, 6.07) is 6.15. The Hall–Kier alpha value is -3.82. The molecule has 1 aromatic carbocycles. The molecule has 2 heterocycles. The average molecular weight is 401 g/mol. The lowest BCUT2D eigenvalue weighted by Crippen LogP contribution is -2.29. The molecule has 10 nitrogen and oxygen atoms in total. The third kappa shape index (κ3) is 3.91. The summed E-state index contributed by atoms with van der Waals surface area (Å²) in [6.07, 6.45) is 1.28. The van der Waals surface area contributed by atoms with Crippen LogP contribution in [0.4, 0.5) is 5.82 Å². The van der Waals surface area contributed by atoms with Gasteiger partial charge in [-0.1, -0.05) is 18.2 Å². The summed E-state index contributed by atoms with van der Waals surface area (Å²) < 4.78 is 5.72. The van der Waals surface area contributed by atoms with Gasteiger partial charge in [0.2, 0.25) is 5.91 Å². The van der Waals surface area contributed by atoms with Crippen LogP contribution < -0.4 is 16.0 Å². The van der Waals surface area contributed by atoms with Crippen LogP contribution in [0, 0.1) is 0 Å². The number of carbonyl (C=O) groups excluding carboxylic acids is 1. The molecule has 1 saturated heterocycles. The van der Waals surface area contributed by atoms with E-state index in [-0.39, 0.29) is 29.4 Å². The van der Waals surface area contributed by atoms with Crippen molar-refractivity contribution in [1.82, 2.24) is 9.88 Å². The molecular weight excluding hydrogens is 382 g/mol. The quantitative estimate of drug-likeness (QED) is 0.534. The number of likely N-dealkylation sites (tertiary alicyclic amines) is 1. The molecule has 0 aliphatic carbocycles. The van der Waals surface area contributed by atoms with Crippen molar-refractivity contribution in [2.75, 3.05) is 25.4 Å². The molecule has 0 unspecified atom stereocenters. The van der Waals surface area contributed by atoms with Crippen molar-refractivity contribution in [3.63, 3.8) is 0 Å². The molecule has 0 radical (unpaired) electrons. The maximum atomic E-state index is 12.2. The maximum absolute atomic E-state index is 12.2. The summed E-state index contributed by atoms with van der Waals surface area (Å²) in [7, 11) is 0. The Balaban J connectivity index is 2.05. The van der Waals surface area contributed by atoms with Crippen molar-refractivity contribution < 1.29 is 29.3 Å². The number of nitrogens with zero attached hydrogens (tertiary/aromatic N) is 1. The van der Waals surface area contributed by atoms with E-state index in [2.05, 4.69) is 4.98 Å². The Morgan fingerprint density at radius 1 is 1.14 bits per heavy atom. The smallest absolute Gasteiger partial charge is 0.342 e. The molecule has 1 fully saturated rings. The van der Waals surface area contributed by atoms with E-state index >= 15 is 0 Å². The lowest BCUT2D eigenvalue weighted by Gasteiger charge is -2.18. The first-order chi connectivity index (χ1) is 13.8. The zero-order valence-electron chi connectivity index (χ0n) is 15.3. The number of pyridine rings is 1. The number of hydrogen-bond donors (Lipinski definition) is 4. The minimum atomic E-state index is -1.60. The summed E-state index contributed by atoms with van der Waals surface area (Å²) in [4.78, 5) is 51.1. The number of benzene rings is 1. The molecule has 5 N–H and O–H groups in total. The van der Waals surface area contributed by atoms with Crippen molar-refractivity contribution in [1.29, 1.82) is 0 Å². The van der Waals surface area contributed by atoms with Crippen molar-refractivity contribution in [3.8, 4) is 16.9 Å². The van der Waals surface area contributed by atoms with Crippen LogP contribution in [0.15, 0.2) is 29.1 Å². The number of aromatic carboxylic acids is 2. The normalized spacial score (nSPS) is 13.5. The second kappa shape index (κ2) is 8.05. The molecule has 10 heteroatoms. The molecule has 1 aliphatic rings. The third-order valence-electron chi connectivity index (χ3n) is 4.62. The highest BCUT2D eigenvalue weighted by Gasteiger charge is 2.28. The molecule has 1 amide bonds. The van der Waals surface area contributed by atoms with Gasteiger partial charge in [0, 0.05) is 24.1 Å². The lowest BCUT2D eigenvalue weighted by atomic mass is 9.94. The van der Waals surface area contributed by atoms with Crippen LogP contribution >= 0.6 is 0 Å². The van der Waals surface area contributed by atoms with Gasteiger partial charge < -0.3 is 30.6 Å². The molecule has 0 spiro atoms. The molecule has 152 valence electrons. The largest absolute Gasteiger partial charge is 0.491 e. The van der Waals surface area contributed by atoms with Crippen LogP contribution in [-0.4, -0.2) is 57.6 Å². The van der Waals surface area contributed by atoms with Crippen molar-refractivity contribution in [2.45, 2.75) is 12.8 Å². The molecule has 0 saturated carbocycles. The number of rotatable bonds is 7. The van der Waals surface area contributed by atoms with E-state index in [0.717, 1.165) is 6.42 Å². The number of aromatic nitrogens is 1. The number of nitrogen functional groups attached to an aromatic ring is 1. The van der Waals surface area contributed by atoms with Crippen LogP contribution in [0.3, 0.4) is 0 Å². The van der Waals surface area contributed by atoms with Gasteiger partial charge in [0.15, 0.2) is 0 Å². The minimum absolute atomic E-state index is 0.0329. The maximum Gasteiger partial charge on any atom is 0.342 e. The summed E-state index contributed by atoms with van der Waals surface area (Å²) >= 11 is 0. The van der Waals surface area contributed by atoms with E-state index in [1.807, 2.05) is 0 Å². The number of carboxylic acids is 2. The van der Waals surface area contributed by atoms with Gasteiger partial charge in [-0.3, -0.25) is 9.59 Å². The van der Waals surface area contributed by atoms with Gasteiger partial charge in [-0.05, 0) is 12.5 Å². The van der Waals surface area contributed by atoms with Gasteiger partial charge >= 0.3 is 11.9 Å². The topological polar surface area (TPSA) is 163 Å². The van der Waals surface area contributed by atoms with Gasteiger partial charge in [0.25, 0.3) is 5.56 Å². The molecule has 1 aliphatic heterocycles. The monoisotopic (exact) mass is 401 g/mol. The van der Waals surface area contributed by atoms with Crippen LogP contribution in [-0.2, 0) is 4.79 Å². The fourth-order valence-corrected chi connectivity index (χ4v) is 3.32. The number of carbonyl (C=O) groups is 3. The Bertz CT molecular complexity index is 1040. The Morgan fingerprint density at radius 2 is 1.83 bits per heavy atom. The van der Waals surface area contributed by atoms with E-state index in [1.165, 1.54) is 12.1 Å². The predicted octanol–water partition coefficient (Wildman–Crippen LogP) is 1.02. The highest BCUT2D eigenvalue weighted by atomic mass is 16.5. The Kier molecular flexibility index (Phi) is 5.53. The van der Waals surface area contributed by atoms with Crippen LogP contribution in [0.1, 0.15) is 33.6 Å². The van der Waals surface area contributed by atoms with Crippen molar-refractivity contribution in [3.05, 3.63) is 45.7 Å². The van der Waals surface area contributed by atoms with Crippen molar-refractivity contribution in [2.24, 2.45) is 0 Å². The number of hydrogen-bond acceptors (Lipinski definition) is 6. The van der Waals surface area contributed by atoms with E-state index in [1.54, 1.807) is 17.0 Å². The number of H-pyrrole nitrogens is 1. The summed E-state index contributed by atoms with van der Waals surface area (Å²) in [5, 5.41) is 19.1. The molecular formula is C19H19N3O7. The summed E-state index contributed by atoms with van der Waals surface area (Å²) in [5.74, 6) is -3.34. The number of para-hydroxylation sites is 1. The first-order valence-corrected chi connectivity index (χ1v) is 8.83. The highest BCUT2D eigenvalue weighted by molar-refractivity contribution is 6.08. The SMILES string of the molecule is Nc1[nH]c(=O)c(C(=O)O)c(-c2ccccc2OCCN2CCCC2=O)c1C(=O)O. The lowest BCUT2D eigenvalue weighted by molar-refractivity contribution is -0.128. The molecule has 29 heavy (non-hydrogen) atoms.